The highest BCUT2D eigenvalue weighted by Gasteiger charge is 2.22. The van der Waals surface area contributed by atoms with Crippen molar-refractivity contribution in [3.63, 3.8) is 0 Å². The van der Waals surface area contributed by atoms with Gasteiger partial charge in [-0.25, -0.2) is 0 Å². The predicted octanol–water partition coefficient (Wildman–Crippen LogP) is 3.63. The number of hydrogen-bond acceptors (Lipinski definition) is 2. The molecule has 0 aliphatic heterocycles. The zero-order valence-corrected chi connectivity index (χ0v) is 9.99. The molecular formula is C14H22O2. The Hall–Kier alpha value is -1.05. The molecule has 0 aromatic heterocycles. The van der Waals surface area contributed by atoms with Gasteiger partial charge in [-0.05, 0) is 38.5 Å². The summed E-state index contributed by atoms with van der Waals surface area (Å²) in [5.74, 6) is -0.163. The lowest BCUT2D eigenvalue weighted by atomic mass is 9.97. The summed E-state index contributed by atoms with van der Waals surface area (Å²) in [6.07, 6.45) is 10.8. The molecule has 2 heteroatoms. The number of carbonyl (C=O) groups is 1. The molecule has 0 aromatic carbocycles. The number of hydrogen-bond donors (Lipinski definition) is 0. The molecule has 1 aliphatic carbocycles. The summed E-state index contributed by atoms with van der Waals surface area (Å²) in [5, 5.41) is 0. The summed E-state index contributed by atoms with van der Waals surface area (Å²) >= 11 is 0. The third-order valence-electron chi connectivity index (χ3n) is 3.07. The minimum Gasteiger partial charge on any atom is -0.462 e. The van der Waals surface area contributed by atoms with Crippen LogP contribution in [0, 0.1) is 5.92 Å². The Kier molecular flexibility index (Phi) is 5.91. The zero-order valence-electron chi connectivity index (χ0n) is 9.99. The third kappa shape index (κ3) is 4.21. The fraction of sp³-hybridized carbons (Fsp3) is 0.643. The van der Waals surface area contributed by atoms with Gasteiger partial charge in [0.05, 0.1) is 5.92 Å². The molecule has 1 rings (SSSR count). The van der Waals surface area contributed by atoms with Crippen LogP contribution in [0.5, 0.6) is 0 Å². The average molecular weight is 222 g/mol. The lowest BCUT2D eigenvalue weighted by molar-refractivity contribution is -0.155. The molecular weight excluding hydrogens is 200 g/mol. The summed E-state index contributed by atoms with van der Waals surface area (Å²) in [6.45, 7) is 7.34. The molecule has 0 saturated heterocycles. The van der Waals surface area contributed by atoms with Crippen LogP contribution in [-0.4, -0.2) is 12.1 Å². The van der Waals surface area contributed by atoms with Crippen molar-refractivity contribution in [3.05, 3.63) is 25.3 Å². The SMILES string of the molecule is C=CCC(CC=C)C(=O)OC1CCCCC1. The minimum absolute atomic E-state index is 0.0771. The second kappa shape index (κ2) is 7.26. The molecule has 0 aromatic rings. The van der Waals surface area contributed by atoms with Crippen molar-refractivity contribution in [2.24, 2.45) is 5.92 Å². The standard InChI is InChI=1S/C14H22O2/c1-3-8-12(9-4-2)14(15)16-13-10-6-5-7-11-13/h3-4,12-13H,1-2,5-11H2. The quantitative estimate of drug-likeness (QED) is 0.506. The first-order chi connectivity index (χ1) is 7.77. The molecule has 1 aliphatic rings. The smallest absolute Gasteiger partial charge is 0.309 e. The number of ether oxygens (including phenoxy) is 1. The molecule has 0 amide bonds. The molecule has 0 heterocycles. The summed E-state index contributed by atoms with van der Waals surface area (Å²) in [5.41, 5.74) is 0. The van der Waals surface area contributed by atoms with E-state index in [0.29, 0.717) is 12.8 Å². The van der Waals surface area contributed by atoms with Crippen LogP contribution in [0.4, 0.5) is 0 Å². The number of rotatable bonds is 6. The molecule has 1 fully saturated rings. The molecule has 2 nitrogen and oxygen atoms in total. The van der Waals surface area contributed by atoms with E-state index in [4.69, 9.17) is 4.74 Å². The van der Waals surface area contributed by atoms with Crippen LogP contribution < -0.4 is 0 Å². The number of allylic oxidation sites excluding steroid dienone is 2. The van der Waals surface area contributed by atoms with E-state index in [0.717, 1.165) is 12.8 Å². The van der Waals surface area contributed by atoms with Crippen molar-refractivity contribution in [2.75, 3.05) is 0 Å². The summed E-state index contributed by atoms with van der Waals surface area (Å²) in [6, 6.07) is 0. The summed E-state index contributed by atoms with van der Waals surface area (Å²) < 4.78 is 5.52. The van der Waals surface area contributed by atoms with Crippen molar-refractivity contribution < 1.29 is 9.53 Å². The van der Waals surface area contributed by atoms with E-state index in [1.165, 1.54) is 19.3 Å². The van der Waals surface area contributed by atoms with Crippen LogP contribution in [0.1, 0.15) is 44.9 Å². The molecule has 0 unspecified atom stereocenters. The van der Waals surface area contributed by atoms with Crippen LogP contribution >= 0.6 is 0 Å². The van der Waals surface area contributed by atoms with Crippen molar-refractivity contribution in [2.45, 2.75) is 51.0 Å². The van der Waals surface area contributed by atoms with Gasteiger partial charge in [-0.1, -0.05) is 18.6 Å². The Labute approximate surface area is 98.4 Å². The zero-order chi connectivity index (χ0) is 11.8. The van der Waals surface area contributed by atoms with Gasteiger partial charge >= 0.3 is 5.97 Å². The fourth-order valence-electron chi connectivity index (χ4n) is 2.13. The largest absolute Gasteiger partial charge is 0.462 e. The van der Waals surface area contributed by atoms with E-state index >= 15 is 0 Å². The summed E-state index contributed by atoms with van der Waals surface area (Å²) in [4.78, 5) is 11.9. The molecule has 90 valence electrons. The van der Waals surface area contributed by atoms with E-state index < -0.39 is 0 Å². The lowest BCUT2D eigenvalue weighted by Crippen LogP contribution is -2.25. The maximum atomic E-state index is 11.9. The van der Waals surface area contributed by atoms with E-state index in [1.54, 1.807) is 12.2 Å². The molecule has 0 bridgehead atoms. The second-order valence-corrected chi connectivity index (χ2v) is 4.44. The molecule has 0 radical (unpaired) electrons. The Balaban J connectivity index is 2.39. The van der Waals surface area contributed by atoms with E-state index in [1.807, 2.05) is 0 Å². The van der Waals surface area contributed by atoms with Crippen LogP contribution in [0.2, 0.25) is 0 Å². The van der Waals surface area contributed by atoms with Gasteiger partial charge < -0.3 is 4.74 Å². The second-order valence-electron chi connectivity index (χ2n) is 4.44. The highest BCUT2D eigenvalue weighted by atomic mass is 16.5. The van der Waals surface area contributed by atoms with E-state index in [9.17, 15) is 4.79 Å². The van der Waals surface area contributed by atoms with E-state index in [2.05, 4.69) is 13.2 Å². The van der Waals surface area contributed by atoms with Crippen molar-refractivity contribution in [3.8, 4) is 0 Å². The first-order valence-corrected chi connectivity index (χ1v) is 6.20. The molecule has 0 N–H and O–H groups in total. The number of esters is 1. The minimum atomic E-state index is -0.0862. The highest BCUT2D eigenvalue weighted by Crippen LogP contribution is 2.22. The Bertz CT molecular complexity index is 229. The monoisotopic (exact) mass is 222 g/mol. The van der Waals surface area contributed by atoms with Gasteiger partial charge in [-0.2, -0.15) is 0 Å². The van der Waals surface area contributed by atoms with E-state index in [-0.39, 0.29) is 18.0 Å². The maximum absolute atomic E-state index is 11.9. The normalized spacial score (nSPS) is 17.1. The van der Waals surface area contributed by atoms with Gasteiger partial charge in [0.25, 0.3) is 0 Å². The molecule has 0 spiro atoms. The van der Waals surface area contributed by atoms with Gasteiger partial charge in [0.15, 0.2) is 0 Å². The fourth-order valence-corrected chi connectivity index (χ4v) is 2.13. The first-order valence-electron chi connectivity index (χ1n) is 6.20. The topological polar surface area (TPSA) is 26.3 Å². The molecule has 1 saturated carbocycles. The van der Waals surface area contributed by atoms with Crippen molar-refractivity contribution in [1.29, 1.82) is 0 Å². The Morgan fingerprint density at radius 1 is 1.19 bits per heavy atom. The molecule has 16 heavy (non-hydrogen) atoms. The van der Waals surface area contributed by atoms with Gasteiger partial charge in [-0.15, -0.1) is 13.2 Å². The average Bonchev–Trinajstić information content (AvgIpc) is 2.30. The third-order valence-corrected chi connectivity index (χ3v) is 3.07. The van der Waals surface area contributed by atoms with Crippen molar-refractivity contribution in [1.82, 2.24) is 0 Å². The predicted molar refractivity (Wildman–Crippen MR) is 66.1 cm³/mol. The Morgan fingerprint density at radius 2 is 1.75 bits per heavy atom. The van der Waals surface area contributed by atoms with Gasteiger partial charge in [0, 0.05) is 0 Å². The summed E-state index contributed by atoms with van der Waals surface area (Å²) in [7, 11) is 0. The first kappa shape index (κ1) is 13.0. The maximum Gasteiger partial charge on any atom is 0.309 e. The van der Waals surface area contributed by atoms with Crippen LogP contribution in [0.25, 0.3) is 0 Å². The lowest BCUT2D eigenvalue weighted by Gasteiger charge is -2.24. The molecule has 0 atom stereocenters. The van der Waals surface area contributed by atoms with Crippen LogP contribution in [-0.2, 0) is 9.53 Å². The van der Waals surface area contributed by atoms with Gasteiger partial charge in [0.2, 0.25) is 0 Å². The van der Waals surface area contributed by atoms with Gasteiger partial charge in [0.1, 0.15) is 6.10 Å². The number of carbonyl (C=O) groups excluding carboxylic acids is 1. The van der Waals surface area contributed by atoms with Gasteiger partial charge in [-0.3, -0.25) is 4.79 Å². The van der Waals surface area contributed by atoms with Crippen molar-refractivity contribution >= 4 is 5.97 Å². The Morgan fingerprint density at radius 3 is 2.25 bits per heavy atom. The highest BCUT2D eigenvalue weighted by molar-refractivity contribution is 5.73. The van der Waals surface area contributed by atoms with Crippen LogP contribution in [0.3, 0.4) is 0 Å². The van der Waals surface area contributed by atoms with Crippen LogP contribution in [0.15, 0.2) is 25.3 Å².